The zero-order chi connectivity index (χ0) is 24.1. The Kier molecular flexibility index (Phi) is 7.48. The minimum absolute atomic E-state index is 0.143. The molecule has 1 saturated heterocycles. The number of hydrogen-bond acceptors (Lipinski definition) is 6. The van der Waals surface area contributed by atoms with Gasteiger partial charge >= 0.3 is 0 Å². The summed E-state index contributed by atoms with van der Waals surface area (Å²) in [5.74, 6) is 3.93. The van der Waals surface area contributed by atoms with E-state index in [1.807, 2.05) is 24.3 Å². The molecule has 1 aliphatic heterocycles. The summed E-state index contributed by atoms with van der Waals surface area (Å²) < 4.78 is 27.8. The predicted molar refractivity (Wildman–Crippen MR) is 133 cm³/mol. The molecule has 1 aliphatic rings. The lowest BCUT2D eigenvalue weighted by atomic mass is 9.79. The van der Waals surface area contributed by atoms with Crippen LogP contribution >= 0.6 is 0 Å². The maximum Gasteiger partial charge on any atom is 0.203 e. The van der Waals surface area contributed by atoms with Crippen molar-refractivity contribution in [3.05, 3.63) is 77.4 Å². The Bertz CT molecular complexity index is 1030. The molecule has 0 aliphatic carbocycles. The van der Waals surface area contributed by atoms with Crippen LogP contribution in [0.2, 0.25) is 0 Å². The Morgan fingerprint density at radius 2 is 1.09 bits per heavy atom. The van der Waals surface area contributed by atoms with Crippen molar-refractivity contribution >= 4 is 0 Å². The number of hydrogen-bond donors (Lipinski definition) is 1. The summed E-state index contributed by atoms with van der Waals surface area (Å²) >= 11 is 0. The van der Waals surface area contributed by atoms with Gasteiger partial charge in [0.15, 0.2) is 11.5 Å². The second kappa shape index (κ2) is 10.7. The van der Waals surface area contributed by atoms with Gasteiger partial charge in [-0.25, -0.2) is 0 Å². The fraction of sp³-hybridized carbons (Fsp3) is 0.357. The van der Waals surface area contributed by atoms with Crippen molar-refractivity contribution < 1.29 is 23.7 Å². The molecule has 180 valence electrons. The van der Waals surface area contributed by atoms with Crippen molar-refractivity contribution in [1.29, 1.82) is 0 Å². The molecule has 3 aromatic rings. The smallest absolute Gasteiger partial charge is 0.203 e. The molecule has 0 spiro atoms. The summed E-state index contributed by atoms with van der Waals surface area (Å²) in [5.41, 5.74) is 3.56. The van der Waals surface area contributed by atoms with Crippen LogP contribution in [0.4, 0.5) is 0 Å². The highest BCUT2D eigenvalue weighted by Gasteiger charge is 2.32. The lowest BCUT2D eigenvalue weighted by Crippen LogP contribution is -2.34. The maximum absolute atomic E-state index is 5.64. The minimum Gasteiger partial charge on any atom is -0.497 e. The molecule has 6 heteroatoms. The van der Waals surface area contributed by atoms with Gasteiger partial charge in [-0.15, -0.1) is 0 Å². The van der Waals surface area contributed by atoms with E-state index in [0.717, 1.165) is 29.9 Å². The van der Waals surface area contributed by atoms with E-state index in [0.29, 0.717) is 17.2 Å². The molecule has 4 rings (SSSR count). The van der Waals surface area contributed by atoms with Gasteiger partial charge in [-0.3, -0.25) is 0 Å². The normalized spacial score (nSPS) is 19.9. The molecule has 0 saturated carbocycles. The van der Waals surface area contributed by atoms with E-state index in [-0.39, 0.29) is 18.0 Å². The molecule has 2 atom stereocenters. The average Bonchev–Trinajstić information content (AvgIpc) is 2.91. The highest BCUT2D eigenvalue weighted by atomic mass is 16.5. The molecule has 0 radical (unpaired) electrons. The average molecular weight is 464 g/mol. The summed E-state index contributed by atoms with van der Waals surface area (Å²) in [5, 5.41) is 3.87. The zero-order valence-corrected chi connectivity index (χ0v) is 20.5. The van der Waals surface area contributed by atoms with Crippen molar-refractivity contribution in [3.63, 3.8) is 0 Å². The fourth-order valence-corrected chi connectivity index (χ4v) is 4.83. The number of piperidine rings is 1. The molecule has 34 heavy (non-hydrogen) atoms. The van der Waals surface area contributed by atoms with Crippen LogP contribution in [0, 0.1) is 0 Å². The van der Waals surface area contributed by atoms with E-state index in [9.17, 15) is 0 Å². The van der Waals surface area contributed by atoms with Crippen LogP contribution in [-0.2, 0) is 0 Å². The third-order valence-electron chi connectivity index (χ3n) is 6.59. The monoisotopic (exact) mass is 463 g/mol. The fourth-order valence-electron chi connectivity index (χ4n) is 4.83. The SMILES string of the molecule is COc1cccc(C2CC(c3cc(OC)c(OC)c(OC)c3)CC(c3cccc(OC)c3)N2)c1. The Morgan fingerprint density at radius 1 is 0.588 bits per heavy atom. The van der Waals surface area contributed by atoms with E-state index in [2.05, 4.69) is 41.7 Å². The topological polar surface area (TPSA) is 58.2 Å². The first-order valence-electron chi connectivity index (χ1n) is 11.4. The van der Waals surface area contributed by atoms with E-state index in [1.54, 1.807) is 35.5 Å². The van der Waals surface area contributed by atoms with Crippen LogP contribution in [0.25, 0.3) is 0 Å². The van der Waals surface area contributed by atoms with E-state index < -0.39 is 0 Å². The Labute approximate surface area is 201 Å². The van der Waals surface area contributed by atoms with Crippen molar-refractivity contribution in [2.45, 2.75) is 30.8 Å². The molecule has 1 N–H and O–H groups in total. The van der Waals surface area contributed by atoms with Crippen LogP contribution in [0.5, 0.6) is 28.7 Å². The van der Waals surface area contributed by atoms with Gasteiger partial charge in [-0.05, 0) is 71.8 Å². The van der Waals surface area contributed by atoms with E-state index >= 15 is 0 Å². The van der Waals surface area contributed by atoms with Gasteiger partial charge in [0.25, 0.3) is 0 Å². The summed E-state index contributed by atoms with van der Waals surface area (Å²) in [6, 6.07) is 21.0. The standard InChI is InChI=1S/C28H33NO5/c1-30-22-10-6-8-18(12-22)24-14-20(15-25(29-24)19-9-7-11-23(13-19)31-2)21-16-26(32-3)28(34-5)27(17-21)33-4/h6-13,16-17,20,24-25,29H,14-15H2,1-5H3. The molecule has 0 amide bonds. The molecule has 0 aromatic heterocycles. The Morgan fingerprint density at radius 3 is 1.50 bits per heavy atom. The summed E-state index contributed by atoms with van der Waals surface area (Å²) in [6.45, 7) is 0. The Balaban J connectivity index is 1.75. The first kappa shape index (κ1) is 23.8. The molecule has 2 unspecified atom stereocenters. The quantitative estimate of drug-likeness (QED) is 0.464. The number of methoxy groups -OCH3 is 5. The van der Waals surface area contributed by atoms with Crippen molar-refractivity contribution in [1.82, 2.24) is 5.32 Å². The third-order valence-corrected chi connectivity index (χ3v) is 6.59. The minimum atomic E-state index is 0.143. The van der Waals surface area contributed by atoms with Crippen LogP contribution in [0.15, 0.2) is 60.7 Å². The Hall–Kier alpha value is -3.38. The lowest BCUT2D eigenvalue weighted by Gasteiger charge is -2.37. The molecule has 1 heterocycles. The van der Waals surface area contributed by atoms with Gasteiger partial charge in [0.05, 0.1) is 35.5 Å². The lowest BCUT2D eigenvalue weighted by molar-refractivity contribution is 0.291. The van der Waals surface area contributed by atoms with E-state index in [4.69, 9.17) is 23.7 Å². The van der Waals surface area contributed by atoms with Crippen LogP contribution in [-0.4, -0.2) is 35.5 Å². The van der Waals surface area contributed by atoms with Gasteiger partial charge < -0.3 is 29.0 Å². The number of benzene rings is 3. The van der Waals surface area contributed by atoms with Gasteiger partial charge in [-0.2, -0.15) is 0 Å². The first-order chi connectivity index (χ1) is 16.6. The molecular weight excluding hydrogens is 430 g/mol. The summed E-state index contributed by atoms with van der Waals surface area (Å²) in [7, 11) is 8.34. The summed E-state index contributed by atoms with van der Waals surface area (Å²) in [4.78, 5) is 0. The second-order valence-electron chi connectivity index (χ2n) is 8.45. The summed E-state index contributed by atoms with van der Waals surface area (Å²) in [6.07, 6.45) is 1.85. The van der Waals surface area contributed by atoms with E-state index in [1.165, 1.54) is 11.1 Å². The molecule has 0 bridgehead atoms. The van der Waals surface area contributed by atoms with Crippen LogP contribution in [0.1, 0.15) is 47.5 Å². The molecular formula is C28H33NO5. The van der Waals surface area contributed by atoms with Crippen molar-refractivity contribution in [2.24, 2.45) is 0 Å². The van der Waals surface area contributed by atoms with Crippen molar-refractivity contribution in [2.75, 3.05) is 35.5 Å². The van der Waals surface area contributed by atoms with Gasteiger partial charge in [0.2, 0.25) is 5.75 Å². The maximum atomic E-state index is 5.64. The predicted octanol–water partition coefficient (Wildman–Crippen LogP) is 5.68. The third kappa shape index (κ3) is 4.92. The molecule has 1 fully saturated rings. The number of rotatable bonds is 8. The molecule has 6 nitrogen and oxygen atoms in total. The highest BCUT2D eigenvalue weighted by molar-refractivity contribution is 5.54. The first-order valence-corrected chi connectivity index (χ1v) is 11.4. The van der Waals surface area contributed by atoms with Crippen LogP contribution < -0.4 is 29.0 Å². The largest absolute Gasteiger partial charge is 0.497 e. The van der Waals surface area contributed by atoms with Crippen LogP contribution in [0.3, 0.4) is 0 Å². The second-order valence-corrected chi connectivity index (χ2v) is 8.45. The number of ether oxygens (including phenoxy) is 5. The van der Waals surface area contributed by atoms with Gasteiger partial charge in [0.1, 0.15) is 11.5 Å². The number of nitrogens with one attached hydrogen (secondary N) is 1. The molecule has 3 aromatic carbocycles. The highest BCUT2D eigenvalue weighted by Crippen LogP contribution is 2.46. The zero-order valence-electron chi connectivity index (χ0n) is 20.5. The van der Waals surface area contributed by atoms with Crippen molar-refractivity contribution in [3.8, 4) is 28.7 Å². The van der Waals surface area contributed by atoms with Gasteiger partial charge in [0, 0.05) is 12.1 Å². The van der Waals surface area contributed by atoms with Gasteiger partial charge in [-0.1, -0.05) is 24.3 Å².